The van der Waals surface area contributed by atoms with Gasteiger partial charge >= 0.3 is 5.97 Å². The molecule has 1 atom stereocenters. The van der Waals surface area contributed by atoms with E-state index in [9.17, 15) is 9.90 Å². The first-order valence-electron chi connectivity index (χ1n) is 6.86. The van der Waals surface area contributed by atoms with Crippen molar-refractivity contribution in [1.82, 2.24) is 4.98 Å². The van der Waals surface area contributed by atoms with Gasteiger partial charge in [0.15, 0.2) is 0 Å². The number of pyridine rings is 1. The Labute approximate surface area is 139 Å². The molecule has 0 aliphatic carbocycles. The monoisotopic (exact) mass is 336 g/mol. The first kappa shape index (κ1) is 17.1. The number of aromatic nitrogens is 1. The average molecular weight is 337 g/mol. The maximum Gasteiger partial charge on any atom is 0.343 e. The van der Waals surface area contributed by atoms with Crippen LogP contribution in [-0.4, -0.2) is 36.8 Å². The van der Waals surface area contributed by atoms with Gasteiger partial charge in [-0.2, -0.15) is 4.98 Å². The number of nitrogens with zero attached hydrogens (tertiary/aromatic N) is 1. The molecule has 23 heavy (non-hydrogen) atoms. The fourth-order valence-electron chi connectivity index (χ4n) is 1.96. The van der Waals surface area contributed by atoms with Crippen LogP contribution >= 0.6 is 11.6 Å². The molecule has 0 radical (unpaired) electrons. The number of aliphatic hydroxyl groups excluding tert-OH is 1. The molecule has 0 amide bonds. The third-order valence-electron chi connectivity index (χ3n) is 3.19. The summed E-state index contributed by atoms with van der Waals surface area (Å²) in [5.74, 6) is 0.104. The van der Waals surface area contributed by atoms with Gasteiger partial charge in [-0.1, -0.05) is 23.7 Å². The SMILES string of the molecule is COC(=O)c1ccc(NCC(O)c2ccc(Cl)cc2)nc1OC. The Balaban J connectivity index is 2.05. The molecular weight excluding hydrogens is 320 g/mol. The summed E-state index contributed by atoms with van der Waals surface area (Å²) >= 11 is 5.82. The maximum absolute atomic E-state index is 11.6. The molecule has 1 aromatic heterocycles. The van der Waals surface area contributed by atoms with Crippen molar-refractivity contribution in [2.45, 2.75) is 6.10 Å². The molecule has 0 spiro atoms. The Kier molecular flexibility index (Phi) is 5.78. The Morgan fingerprint density at radius 2 is 1.96 bits per heavy atom. The number of esters is 1. The van der Waals surface area contributed by atoms with Crippen LogP contribution < -0.4 is 10.1 Å². The standard InChI is InChI=1S/C16H17ClN2O4/c1-22-15-12(16(21)23-2)7-8-14(19-15)18-9-13(20)10-3-5-11(17)6-4-10/h3-8,13,20H,9H2,1-2H3,(H,18,19). The van der Waals surface area contributed by atoms with E-state index in [-0.39, 0.29) is 18.0 Å². The normalized spacial score (nSPS) is 11.7. The zero-order chi connectivity index (χ0) is 16.8. The summed E-state index contributed by atoms with van der Waals surface area (Å²) in [7, 11) is 2.71. The van der Waals surface area contributed by atoms with Gasteiger partial charge in [0.1, 0.15) is 11.4 Å². The number of ether oxygens (including phenoxy) is 2. The lowest BCUT2D eigenvalue weighted by Gasteiger charge is -2.14. The second-order valence-corrected chi connectivity index (χ2v) is 5.13. The minimum absolute atomic E-state index is 0.155. The number of methoxy groups -OCH3 is 2. The number of anilines is 1. The van der Waals surface area contributed by atoms with Crippen LogP contribution in [0.15, 0.2) is 36.4 Å². The van der Waals surface area contributed by atoms with E-state index in [1.165, 1.54) is 14.2 Å². The molecule has 0 saturated carbocycles. The number of aliphatic hydroxyl groups is 1. The highest BCUT2D eigenvalue weighted by Gasteiger charge is 2.15. The number of halogens is 1. The van der Waals surface area contributed by atoms with E-state index >= 15 is 0 Å². The van der Waals surface area contributed by atoms with Crippen LogP contribution in [-0.2, 0) is 4.74 Å². The van der Waals surface area contributed by atoms with Crippen molar-refractivity contribution in [1.29, 1.82) is 0 Å². The van der Waals surface area contributed by atoms with Gasteiger partial charge in [-0.3, -0.25) is 0 Å². The largest absolute Gasteiger partial charge is 0.480 e. The molecule has 2 N–H and O–H groups in total. The Hall–Kier alpha value is -2.31. The number of rotatable bonds is 6. The quantitative estimate of drug-likeness (QED) is 0.789. The lowest BCUT2D eigenvalue weighted by molar-refractivity contribution is 0.0596. The number of nitrogens with one attached hydrogen (secondary N) is 1. The van der Waals surface area contributed by atoms with E-state index in [4.69, 9.17) is 16.3 Å². The highest BCUT2D eigenvalue weighted by molar-refractivity contribution is 6.30. The van der Waals surface area contributed by atoms with E-state index in [0.29, 0.717) is 10.8 Å². The Bertz CT molecular complexity index is 676. The topological polar surface area (TPSA) is 80.7 Å². The Morgan fingerprint density at radius 1 is 1.26 bits per heavy atom. The number of benzene rings is 1. The van der Waals surface area contributed by atoms with Crippen LogP contribution in [0.4, 0.5) is 5.82 Å². The summed E-state index contributed by atoms with van der Waals surface area (Å²) < 4.78 is 9.74. The molecular formula is C16H17ClN2O4. The number of hydrogen-bond donors (Lipinski definition) is 2. The number of hydrogen-bond acceptors (Lipinski definition) is 6. The highest BCUT2D eigenvalue weighted by Crippen LogP contribution is 2.21. The summed E-state index contributed by atoms with van der Waals surface area (Å²) in [4.78, 5) is 15.7. The molecule has 0 saturated heterocycles. The third-order valence-corrected chi connectivity index (χ3v) is 3.44. The maximum atomic E-state index is 11.6. The minimum Gasteiger partial charge on any atom is -0.480 e. The fraction of sp³-hybridized carbons (Fsp3) is 0.250. The van der Waals surface area contributed by atoms with Crippen molar-refractivity contribution < 1.29 is 19.4 Å². The average Bonchev–Trinajstić information content (AvgIpc) is 2.59. The van der Waals surface area contributed by atoms with Gasteiger partial charge in [0, 0.05) is 11.6 Å². The predicted octanol–water partition coefficient (Wildman–Crippen LogP) is 2.68. The molecule has 1 aromatic carbocycles. The molecule has 6 nitrogen and oxygen atoms in total. The van der Waals surface area contributed by atoms with Crippen LogP contribution in [0, 0.1) is 0 Å². The van der Waals surface area contributed by atoms with Gasteiger partial charge in [-0.05, 0) is 29.8 Å². The van der Waals surface area contributed by atoms with E-state index < -0.39 is 12.1 Å². The summed E-state index contributed by atoms with van der Waals surface area (Å²) in [6, 6.07) is 10.1. The van der Waals surface area contributed by atoms with Gasteiger partial charge in [0.25, 0.3) is 0 Å². The van der Waals surface area contributed by atoms with Crippen molar-refractivity contribution >= 4 is 23.4 Å². The second kappa shape index (κ2) is 7.80. The molecule has 2 rings (SSSR count). The molecule has 0 fully saturated rings. The number of carbonyl (C=O) groups excluding carboxylic acids is 1. The summed E-state index contributed by atoms with van der Waals surface area (Å²) in [5, 5.41) is 13.7. The molecule has 7 heteroatoms. The van der Waals surface area contributed by atoms with E-state index in [0.717, 1.165) is 5.56 Å². The van der Waals surface area contributed by atoms with Crippen molar-refractivity contribution in [3.05, 3.63) is 52.5 Å². The molecule has 0 bridgehead atoms. The van der Waals surface area contributed by atoms with Crippen molar-refractivity contribution in [2.75, 3.05) is 26.1 Å². The van der Waals surface area contributed by atoms with Crippen LogP contribution in [0.25, 0.3) is 0 Å². The van der Waals surface area contributed by atoms with Gasteiger partial charge in [-0.25, -0.2) is 4.79 Å². The van der Waals surface area contributed by atoms with Gasteiger partial charge < -0.3 is 19.9 Å². The first-order valence-corrected chi connectivity index (χ1v) is 7.23. The van der Waals surface area contributed by atoms with Crippen LogP contribution in [0.2, 0.25) is 5.02 Å². The van der Waals surface area contributed by atoms with E-state index in [1.54, 1.807) is 36.4 Å². The van der Waals surface area contributed by atoms with Gasteiger partial charge in [0.05, 0.1) is 20.3 Å². The zero-order valence-electron chi connectivity index (χ0n) is 12.7. The van der Waals surface area contributed by atoms with Gasteiger partial charge in [0.2, 0.25) is 5.88 Å². The van der Waals surface area contributed by atoms with E-state index in [1.807, 2.05) is 0 Å². The lowest BCUT2D eigenvalue weighted by Crippen LogP contribution is -2.14. The van der Waals surface area contributed by atoms with Crippen LogP contribution in [0.1, 0.15) is 22.0 Å². The highest BCUT2D eigenvalue weighted by atomic mass is 35.5. The van der Waals surface area contributed by atoms with Crippen LogP contribution in [0.3, 0.4) is 0 Å². The predicted molar refractivity (Wildman–Crippen MR) is 87.0 cm³/mol. The van der Waals surface area contributed by atoms with Gasteiger partial charge in [-0.15, -0.1) is 0 Å². The summed E-state index contributed by atoms with van der Waals surface area (Å²) in [5.41, 5.74) is 0.971. The van der Waals surface area contributed by atoms with E-state index in [2.05, 4.69) is 15.0 Å². The fourth-order valence-corrected chi connectivity index (χ4v) is 2.09. The molecule has 1 heterocycles. The lowest BCUT2D eigenvalue weighted by atomic mass is 10.1. The Morgan fingerprint density at radius 3 is 2.57 bits per heavy atom. The molecule has 0 aliphatic rings. The second-order valence-electron chi connectivity index (χ2n) is 4.69. The molecule has 2 aromatic rings. The van der Waals surface area contributed by atoms with Crippen LogP contribution in [0.5, 0.6) is 5.88 Å². The number of carbonyl (C=O) groups is 1. The van der Waals surface area contributed by atoms with Crippen molar-refractivity contribution in [3.8, 4) is 5.88 Å². The summed E-state index contributed by atoms with van der Waals surface area (Å²) in [6.45, 7) is 0.245. The molecule has 0 aliphatic heterocycles. The minimum atomic E-state index is -0.722. The third kappa shape index (κ3) is 4.34. The summed E-state index contributed by atoms with van der Waals surface area (Å²) in [6.07, 6.45) is -0.722. The van der Waals surface area contributed by atoms with Crippen molar-refractivity contribution in [3.63, 3.8) is 0 Å². The first-order chi connectivity index (χ1) is 11.0. The van der Waals surface area contributed by atoms with Crippen molar-refractivity contribution in [2.24, 2.45) is 0 Å². The molecule has 122 valence electrons. The molecule has 1 unspecified atom stereocenters. The zero-order valence-corrected chi connectivity index (χ0v) is 13.5. The smallest absolute Gasteiger partial charge is 0.343 e.